The lowest BCUT2D eigenvalue weighted by Crippen LogP contribution is -2.23. The number of likely N-dealkylation sites (tertiary alicyclic amines) is 1. The molecule has 1 unspecified atom stereocenters. The summed E-state index contributed by atoms with van der Waals surface area (Å²) in [5, 5.41) is 0. The molecule has 1 aromatic carbocycles. The fraction of sp³-hybridized carbons (Fsp3) is 0.389. The van der Waals surface area contributed by atoms with Crippen LogP contribution in [0, 0.1) is 0 Å². The molecule has 1 aromatic heterocycles. The number of hydrogen-bond donors (Lipinski definition) is 0. The zero-order valence-electron chi connectivity index (χ0n) is 12.7. The smallest absolute Gasteiger partial charge is 0.137 e. The van der Waals surface area contributed by atoms with Crippen molar-refractivity contribution in [2.75, 3.05) is 20.2 Å². The topological polar surface area (TPSA) is 25.4 Å². The molecule has 2 heterocycles. The number of benzene rings is 1. The molecule has 0 N–H and O–H groups in total. The summed E-state index contributed by atoms with van der Waals surface area (Å²) in [5.41, 5.74) is 3.66. The van der Waals surface area contributed by atoms with E-state index in [-0.39, 0.29) is 0 Å². The minimum Gasteiger partial charge on any atom is -0.495 e. The normalized spacial score (nSPS) is 16.9. The Balaban J connectivity index is 1.79. The average molecular weight is 282 g/mol. The maximum Gasteiger partial charge on any atom is 0.137 e. The molecule has 0 radical (unpaired) electrons. The molecule has 1 aliphatic heterocycles. The van der Waals surface area contributed by atoms with Gasteiger partial charge in [-0.3, -0.25) is 9.88 Å². The van der Waals surface area contributed by atoms with Gasteiger partial charge in [-0.15, -0.1) is 0 Å². The summed E-state index contributed by atoms with van der Waals surface area (Å²) in [7, 11) is 1.67. The second kappa shape index (κ2) is 6.27. The molecular weight excluding hydrogens is 260 g/mol. The quantitative estimate of drug-likeness (QED) is 0.850. The van der Waals surface area contributed by atoms with Crippen LogP contribution in [0.5, 0.6) is 5.75 Å². The Bertz CT molecular complexity index is 588. The van der Waals surface area contributed by atoms with E-state index in [0.29, 0.717) is 6.04 Å². The molecule has 1 saturated heterocycles. The SMILES string of the molecule is COc1cncc(-c2ccc(C(C)N3CCCC3)cc2)c1. The van der Waals surface area contributed by atoms with Crippen molar-refractivity contribution < 1.29 is 4.74 Å². The maximum atomic E-state index is 5.24. The number of pyridine rings is 1. The van der Waals surface area contributed by atoms with Crippen LogP contribution in [-0.2, 0) is 0 Å². The molecule has 110 valence electrons. The summed E-state index contributed by atoms with van der Waals surface area (Å²) in [6, 6.07) is 11.4. The van der Waals surface area contributed by atoms with Gasteiger partial charge < -0.3 is 4.74 Å². The van der Waals surface area contributed by atoms with Crippen LogP contribution < -0.4 is 4.74 Å². The molecule has 2 aromatic rings. The van der Waals surface area contributed by atoms with Crippen LogP contribution in [0.4, 0.5) is 0 Å². The predicted octanol–water partition coefficient (Wildman–Crippen LogP) is 3.91. The summed E-state index contributed by atoms with van der Waals surface area (Å²) < 4.78 is 5.24. The molecule has 0 bridgehead atoms. The van der Waals surface area contributed by atoms with Crippen molar-refractivity contribution >= 4 is 0 Å². The first-order valence-corrected chi connectivity index (χ1v) is 7.61. The molecule has 0 saturated carbocycles. The third kappa shape index (κ3) is 3.08. The highest BCUT2D eigenvalue weighted by Gasteiger charge is 2.19. The molecule has 0 aliphatic carbocycles. The van der Waals surface area contributed by atoms with Crippen LogP contribution in [0.25, 0.3) is 11.1 Å². The first-order chi connectivity index (χ1) is 10.3. The van der Waals surface area contributed by atoms with Gasteiger partial charge in [0, 0.05) is 17.8 Å². The molecule has 3 nitrogen and oxygen atoms in total. The van der Waals surface area contributed by atoms with Gasteiger partial charge in [-0.2, -0.15) is 0 Å². The number of methoxy groups -OCH3 is 1. The van der Waals surface area contributed by atoms with Crippen LogP contribution in [0.1, 0.15) is 31.4 Å². The van der Waals surface area contributed by atoms with Gasteiger partial charge in [0.05, 0.1) is 13.3 Å². The van der Waals surface area contributed by atoms with Gasteiger partial charge in [0.2, 0.25) is 0 Å². The van der Waals surface area contributed by atoms with Gasteiger partial charge in [-0.05, 0) is 50.0 Å². The van der Waals surface area contributed by atoms with E-state index in [2.05, 4.69) is 41.1 Å². The third-order valence-electron chi connectivity index (χ3n) is 4.36. The molecule has 0 amide bonds. The van der Waals surface area contributed by atoms with Gasteiger partial charge >= 0.3 is 0 Å². The number of nitrogens with zero attached hydrogens (tertiary/aromatic N) is 2. The fourth-order valence-corrected chi connectivity index (χ4v) is 2.98. The highest BCUT2D eigenvalue weighted by molar-refractivity contribution is 5.64. The molecule has 1 atom stereocenters. The standard InChI is InChI=1S/C18H22N2O/c1-14(20-9-3-4-10-20)15-5-7-16(8-6-15)17-11-18(21-2)13-19-12-17/h5-8,11-14H,3-4,9-10H2,1-2H3. The van der Waals surface area contributed by atoms with Gasteiger partial charge in [0.15, 0.2) is 0 Å². The van der Waals surface area contributed by atoms with E-state index in [1.54, 1.807) is 13.3 Å². The second-order valence-electron chi connectivity index (χ2n) is 5.65. The highest BCUT2D eigenvalue weighted by atomic mass is 16.5. The largest absolute Gasteiger partial charge is 0.495 e. The van der Waals surface area contributed by atoms with Crippen LogP contribution in [-0.4, -0.2) is 30.1 Å². The van der Waals surface area contributed by atoms with Crippen molar-refractivity contribution in [2.45, 2.75) is 25.8 Å². The Morgan fingerprint density at radius 1 is 1.05 bits per heavy atom. The number of rotatable bonds is 4. The van der Waals surface area contributed by atoms with Crippen LogP contribution in [0.3, 0.4) is 0 Å². The first kappa shape index (κ1) is 14.1. The predicted molar refractivity (Wildman–Crippen MR) is 85.4 cm³/mol. The van der Waals surface area contributed by atoms with Crippen molar-refractivity contribution in [3.8, 4) is 16.9 Å². The highest BCUT2D eigenvalue weighted by Crippen LogP contribution is 2.28. The first-order valence-electron chi connectivity index (χ1n) is 7.61. The molecule has 1 fully saturated rings. The Hall–Kier alpha value is -1.87. The second-order valence-corrected chi connectivity index (χ2v) is 5.65. The minimum absolute atomic E-state index is 0.505. The Labute approximate surface area is 126 Å². The summed E-state index contributed by atoms with van der Waals surface area (Å²) in [4.78, 5) is 6.78. The van der Waals surface area contributed by atoms with E-state index in [9.17, 15) is 0 Å². The van der Waals surface area contributed by atoms with Crippen molar-refractivity contribution in [2.24, 2.45) is 0 Å². The number of aromatic nitrogens is 1. The van der Waals surface area contributed by atoms with Crippen molar-refractivity contribution in [1.82, 2.24) is 9.88 Å². The molecule has 3 heteroatoms. The lowest BCUT2D eigenvalue weighted by Gasteiger charge is -2.24. The Morgan fingerprint density at radius 3 is 2.43 bits per heavy atom. The van der Waals surface area contributed by atoms with E-state index in [1.165, 1.54) is 37.1 Å². The average Bonchev–Trinajstić information content (AvgIpc) is 3.09. The van der Waals surface area contributed by atoms with E-state index in [4.69, 9.17) is 4.74 Å². The van der Waals surface area contributed by atoms with Gasteiger partial charge in [-0.1, -0.05) is 24.3 Å². The van der Waals surface area contributed by atoms with Gasteiger partial charge in [-0.25, -0.2) is 0 Å². The van der Waals surface area contributed by atoms with E-state index in [0.717, 1.165) is 11.3 Å². The van der Waals surface area contributed by atoms with E-state index < -0.39 is 0 Å². The zero-order valence-corrected chi connectivity index (χ0v) is 12.7. The molecule has 3 rings (SSSR count). The van der Waals surface area contributed by atoms with Crippen LogP contribution in [0.2, 0.25) is 0 Å². The van der Waals surface area contributed by atoms with E-state index >= 15 is 0 Å². The Kier molecular flexibility index (Phi) is 4.20. The third-order valence-corrected chi connectivity index (χ3v) is 4.36. The fourth-order valence-electron chi connectivity index (χ4n) is 2.98. The molecule has 0 spiro atoms. The van der Waals surface area contributed by atoms with Crippen molar-refractivity contribution in [1.29, 1.82) is 0 Å². The zero-order chi connectivity index (χ0) is 14.7. The maximum absolute atomic E-state index is 5.24. The van der Waals surface area contributed by atoms with Gasteiger partial charge in [0.25, 0.3) is 0 Å². The lowest BCUT2D eigenvalue weighted by molar-refractivity contribution is 0.263. The van der Waals surface area contributed by atoms with Crippen molar-refractivity contribution in [3.63, 3.8) is 0 Å². The lowest BCUT2D eigenvalue weighted by atomic mass is 10.0. The summed E-state index contributed by atoms with van der Waals surface area (Å²) in [6.07, 6.45) is 6.27. The van der Waals surface area contributed by atoms with Gasteiger partial charge in [0.1, 0.15) is 5.75 Å². The minimum atomic E-state index is 0.505. The number of hydrogen-bond acceptors (Lipinski definition) is 3. The molecular formula is C18H22N2O. The monoisotopic (exact) mass is 282 g/mol. The summed E-state index contributed by atoms with van der Waals surface area (Å²) in [6.45, 7) is 4.75. The Morgan fingerprint density at radius 2 is 1.76 bits per heavy atom. The van der Waals surface area contributed by atoms with E-state index in [1.807, 2.05) is 12.3 Å². The summed E-state index contributed by atoms with van der Waals surface area (Å²) >= 11 is 0. The van der Waals surface area contributed by atoms with Crippen molar-refractivity contribution in [3.05, 3.63) is 48.3 Å². The number of ether oxygens (including phenoxy) is 1. The molecule has 1 aliphatic rings. The van der Waals surface area contributed by atoms with Crippen LogP contribution >= 0.6 is 0 Å². The molecule has 21 heavy (non-hydrogen) atoms. The summed E-state index contributed by atoms with van der Waals surface area (Å²) in [5.74, 6) is 0.794. The van der Waals surface area contributed by atoms with Crippen LogP contribution in [0.15, 0.2) is 42.7 Å².